The third-order valence-corrected chi connectivity index (χ3v) is 5.86. The van der Waals surface area contributed by atoms with E-state index in [0.717, 1.165) is 62.3 Å². The first-order valence-electron chi connectivity index (χ1n) is 9.81. The van der Waals surface area contributed by atoms with Crippen LogP contribution in [0, 0.1) is 25.7 Å². The molecule has 3 aromatic rings. The first kappa shape index (κ1) is 17.3. The number of anilines is 1. The third-order valence-electron chi connectivity index (χ3n) is 5.86. The van der Waals surface area contributed by atoms with Gasteiger partial charge in [-0.3, -0.25) is 4.68 Å². The highest BCUT2D eigenvalue weighted by Crippen LogP contribution is 2.33. The lowest BCUT2D eigenvalue weighted by atomic mass is 10.0. The summed E-state index contributed by atoms with van der Waals surface area (Å²) in [4.78, 5) is 17.9. The highest BCUT2D eigenvalue weighted by atomic mass is 15.3. The zero-order chi connectivity index (χ0) is 19.1. The Labute approximate surface area is 164 Å². The predicted octanol–water partition coefficient (Wildman–Crippen LogP) is 0.939. The smallest absolute Gasteiger partial charge is 0.159 e. The van der Waals surface area contributed by atoms with Crippen molar-refractivity contribution in [2.45, 2.75) is 20.4 Å². The van der Waals surface area contributed by atoms with Crippen LogP contribution in [0.2, 0.25) is 0 Å². The van der Waals surface area contributed by atoms with E-state index in [1.54, 1.807) is 19.0 Å². The van der Waals surface area contributed by atoms with Gasteiger partial charge in [0.05, 0.1) is 12.2 Å². The molecule has 2 unspecified atom stereocenters. The fourth-order valence-electron chi connectivity index (χ4n) is 4.54. The summed E-state index contributed by atoms with van der Waals surface area (Å²) in [5.74, 6) is 3.23. The zero-order valence-electron chi connectivity index (χ0n) is 16.3. The van der Waals surface area contributed by atoms with E-state index in [-0.39, 0.29) is 0 Å². The van der Waals surface area contributed by atoms with Crippen molar-refractivity contribution < 1.29 is 0 Å². The molecule has 0 amide bonds. The number of nitrogens with zero attached hydrogens (tertiary/aromatic N) is 9. The molecule has 0 N–H and O–H groups in total. The zero-order valence-corrected chi connectivity index (χ0v) is 16.3. The Kier molecular flexibility index (Phi) is 4.31. The van der Waals surface area contributed by atoms with Crippen molar-refractivity contribution in [2.24, 2.45) is 11.8 Å². The van der Waals surface area contributed by atoms with Gasteiger partial charge in [-0.05, 0) is 31.7 Å². The summed E-state index contributed by atoms with van der Waals surface area (Å²) in [6, 6.07) is 4.12. The molecule has 28 heavy (non-hydrogen) atoms. The highest BCUT2D eigenvalue weighted by Gasteiger charge is 2.40. The van der Waals surface area contributed by atoms with Crippen LogP contribution in [-0.4, -0.2) is 72.1 Å². The quantitative estimate of drug-likeness (QED) is 0.652. The fourth-order valence-corrected chi connectivity index (χ4v) is 4.54. The molecule has 5 rings (SSSR count). The topological polar surface area (TPSA) is 80.8 Å². The minimum atomic E-state index is 0.697. The number of hydrogen-bond acceptors (Lipinski definition) is 7. The summed E-state index contributed by atoms with van der Waals surface area (Å²) < 4.78 is 3.80. The van der Waals surface area contributed by atoms with Gasteiger partial charge < -0.3 is 9.80 Å². The average molecular weight is 379 g/mol. The molecule has 9 heteroatoms. The number of aromatic nitrogens is 7. The summed E-state index contributed by atoms with van der Waals surface area (Å²) in [6.07, 6.45) is 5.03. The number of likely N-dealkylation sites (tertiary alicyclic amines) is 1. The van der Waals surface area contributed by atoms with Gasteiger partial charge in [-0.1, -0.05) is 0 Å². The van der Waals surface area contributed by atoms with Crippen molar-refractivity contribution >= 4 is 5.82 Å². The first-order chi connectivity index (χ1) is 13.7. The Balaban J connectivity index is 1.23. The van der Waals surface area contributed by atoms with E-state index < -0.39 is 0 Å². The van der Waals surface area contributed by atoms with Crippen LogP contribution in [0.1, 0.15) is 11.4 Å². The van der Waals surface area contributed by atoms with Crippen molar-refractivity contribution in [3.05, 3.63) is 42.5 Å². The molecule has 2 aliphatic rings. The van der Waals surface area contributed by atoms with Crippen LogP contribution in [0.5, 0.6) is 0 Å². The van der Waals surface area contributed by atoms with Crippen LogP contribution >= 0.6 is 0 Å². The number of aryl methyl sites for hydroxylation is 2. The monoisotopic (exact) mass is 379 g/mol. The van der Waals surface area contributed by atoms with Gasteiger partial charge in [-0.15, -0.1) is 0 Å². The maximum atomic E-state index is 4.55. The molecule has 2 aliphatic heterocycles. The summed E-state index contributed by atoms with van der Waals surface area (Å²) in [7, 11) is 0. The van der Waals surface area contributed by atoms with Crippen LogP contribution in [0.3, 0.4) is 0 Å². The molecule has 2 fully saturated rings. The van der Waals surface area contributed by atoms with Gasteiger partial charge in [0, 0.05) is 44.5 Å². The Bertz CT molecular complexity index is 934. The van der Waals surface area contributed by atoms with E-state index in [1.165, 1.54) is 0 Å². The molecule has 2 saturated heterocycles. The molecular formula is C19H25N9. The third kappa shape index (κ3) is 3.26. The van der Waals surface area contributed by atoms with E-state index in [4.69, 9.17) is 0 Å². The number of fused-ring (bicyclic) bond motifs is 1. The maximum Gasteiger partial charge on any atom is 0.159 e. The van der Waals surface area contributed by atoms with Gasteiger partial charge in [0.15, 0.2) is 5.82 Å². The molecule has 0 bridgehead atoms. The molecule has 5 heterocycles. The van der Waals surface area contributed by atoms with Crippen LogP contribution in [0.25, 0.3) is 5.82 Å². The van der Waals surface area contributed by atoms with Gasteiger partial charge in [0.25, 0.3) is 0 Å². The van der Waals surface area contributed by atoms with E-state index in [2.05, 4.69) is 54.0 Å². The highest BCUT2D eigenvalue weighted by molar-refractivity contribution is 5.45. The van der Waals surface area contributed by atoms with Crippen LogP contribution in [0.4, 0.5) is 5.82 Å². The molecule has 0 aromatic carbocycles. The summed E-state index contributed by atoms with van der Waals surface area (Å²) in [6.45, 7) is 10.4. The second-order valence-corrected chi connectivity index (χ2v) is 7.92. The van der Waals surface area contributed by atoms with Crippen molar-refractivity contribution in [1.82, 2.24) is 39.4 Å². The summed E-state index contributed by atoms with van der Waals surface area (Å²) in [5.41, 5.74) is 2.09. The van der Waals surface area contributed by atoms with Gasteiger partial charge in [0.1, 0.15) is 24.8 Å². The van der Waals surface area contributed by atoms with Crippen molar-refractivity contribution in [2.75, 3.05) is 37.6 Å². The maximum absolute atomic E-state index is 4.55. The molecule has 3 aromatic heterocycles. The molecule has 0 spiro atoms. The lowest BCUT2D eigenvalue weighted by Gasteiger charge is -2.22. The van der Waals surface area contributed by atoms with E-state index in [9.17, 15) is 0 Å². The summed E-state index contributed by atoms with van der Waals surface area (Å²) >= 11 is 0. The molecule has 0 saturated carbocycles. The minimum Gasteiger partial charge on any atom is -0.356 e. The van der Waals surface area contributed by atoms with E-state index in [0.29, 0.717) is 11.8 Å². The van der Waals surface area contributed by atoms with Crippen LogP contribution < -0.4 is 4.90 Å². The molecule has 9 nitrogen and oxygen atoms in total. The van der Waals surface area contributed by atoms with E-state index >= 15 is 0 Å². The van der Waals surface area contributed by atoms with Gasteiger partial charge >= 0.3 is 0 Å². The Hall–Kier alpha value is -2.81. The van der Waals surface area contributed by atoms with Crippen molar-refractivity contribution in [1.29, 1.82) is 0 Å². The lowest BCUT2D eigenvalue weighted by molar-refractivity contribution is 0.296. The largest absolute Gasteiger partial charge is 0.356 e. The lowest BCUT2D eigenvalue weighted by Crippen LogP contribution is -2.31. The van der Waals surface area contributed by atoms with Gasteiger partial charge in [-0.25, -0.2) is 19.6 Å². The second kappa shape index (κ2) is 6.97. The Morgan fingerprint density at radius 3 is 2.39 bits per heavy atom. The van der Waals surface area contributed by atoms with E-state index in [1.807, 2.05) is 16.3 Å². The number of hydrogen-bond donors (Lipinski definition) is 0. The Morgan fingerprint density at radius 2 is 1.71 bits per heavy atom. The molecular weight excluding hydrogens is 354 g/mol. The van der Waals surface area contributed by atoms with Gasteiger partial charge in [-0.2, -0.15) is 10.2 Å². The van der Waals surface area contributed by atoms with Crippen molar-refractivity contribution in [3.8, 4) is 5.82 Å². The predicted molar refractivity (Wildman–Crippen MR) is 104 cm³/mol. The molecule has 0 radical (unpaired) electrons. The van der Waals surface area contributed by atoms with Gasteiger partial charge in [0.2, 0.25) is 0 Å². The minimum absolute atomic E-state index is 0.697. The average Bonchev–Trinajstić information content (AvgIpc) is 3.44. The standard InChI is InChI=1S/C19H25N9/c1-14-5-15(2)28(24-14)19-6-18(21-12-22-19)26-9-16-7-25(8-17(16)10-26)3-4-27-13-20-11-23-27/h5-6,11-13,16-17H,3-4,7-10H2,1-2H3. The molecule has 0 aliphatic carbocycles. The van der Waals surface area contributed by atoms with Crippen molar-refractivity contribution in [3.63, 3.8) is 0 Å². The summed E-state index contributed by atoms with van der Waals surface area (Å²) in [5, 5.41) is 8.74. The normalized spacial score (nSPS) is 22.1. The first-order valence-corrected chi connectivity index (χ1v) is 9.81. The molecule has 2 atom stereocenters. The van der Waals surface area contributed by atoms with Crippen LogP contribution in [-0.2, 0) is 6.54 Å². The Morgan fingerprint density at radius 1 is 0.929 bits per heavy atom. The molecule has 146 valence electrons. The second-order valence-electron chi connectivity index (χ2n) is 7.92. The van der Waals surface area contributed by atoms with Crippen LogP contribution in [0.15, 0.2) is 31.1 Å². The fraction of sp³-hybridized carbons (Fsp3) is 0.526. The SMILES string of the molecule is Cc1cc(C)n(-c2cc(N3CC4CN(CCn5cncn5)CC4C3)ncn2)n1. The number of rotatable bonds is 5.